The molecule has 22 heavy (non-hydrogen) atoms. The molecule has 0 atom stereocenters. The molecule has 1 fully saturated rings. The average molecular weight is 305 g/mol. The molecule has 4 N–H and O–H groups in total. The molecule has 0 aromatic heterocycles. The number of rotatable bonds is 5. The summed E-state index contributed by atoms with van der Waals surface area (Å²) in [5.74, 6) is -1.02. The highest BCUT2D eigenvalue weighted by atomic mass is 16.5. The summed E-state index contributed by atoms with van der Waals surface area (Å²) in [4.78, 5) is 34.5. The van der Waals surface area contributed by atoms with Gasteiger partial charge in [0.25, 0.3) is 11.8 Å². The van der Waals surface area contributed by atoms with E-state index < -0.39 is 17.8 Å². The van der Waals surface area contributed by atoms with Gasteiger partial charge in [0.15, 0.2) is 6.61 Å². The van der Waals surface area contributed by atoms with Crippen molar-refractivity contribution in [3.05, 3.63) is 29.8 Å². The molecule has 1 aromatic rings. The van der Waals surface area contributed by atoms with Gasteiger partial charge in [-0.3, -0.25) is 14.9 Å². The number of carbonyl (C=O) groups excluding carboxylic acids is 3. The molecule has 0 saturated heterocycles. The lowest BCUT2D eigenvalue weighted by Gasteiger charge is -2.13. The first-order valence-electron chi connectivity index (χ1n) is 7.18. The number of imide groups is 1. The second kappa shape index (κ2) is 7.44. The highest BCUT2D eigenvalue weighted by molar-refractivity contribution is 5.96. The number of ether oxygens (including phenoxy) is 1. The van der Waals surface area contributed by atoms with Crippen LogP contribution in [0.2, 0.25) is 0 Å². The summed E-state index contributed by atoms with van der Waals surface area (Å²) in [5, 5.41) is 4.93. The Morgan fingerprint density at radius 2 is 1.86 bits per heavy atom. The number of nitrogens with two attached hydrogens (primary N) is 1. The minimum absolute atomic E-state index is 0.129. The van der Waals surface area contributed by atoms with Gasteiger partial charge in [-0.1, -0.05) is 25.0 Å². The highest BCUT2D eigenvalue weighted by Gasteiger charge is 2.18. The minimum atomic E-state index is -0.644. The molecule has 1 aliphatic carbocycles. The first kappa shape index (κ1) is 15.8. The van der Waals surface area contributed by atoms with E-state index in [1.807, 2.05) is 0 Å². The monoisotopic (exact) mass is 305 g/mol. The van der Waals surface area contributed by atoms with Crippen LogP contribution in [-0.2, 0) is 4.79 Å². The van der Waals surface area contributed by atoms with Gasteiger partial charge < -0.3 is 15.8 Å². The summed E-state index contributed by atoms with van der Waals surface area (Å²) in [6.45, 7) is -0.373. The number of benzene rings is 1. The standard InChI is InChI=1S/C15H19N3O4/c16-14(20)11-7-3-4-8-12(11)22-9-13(19)18-15(21)17-10-5-1-2-6-10/h3-4,7-8,10H,1-2,5-6,9H2,(H2,16,20)(H2,17,18,19,21). The largest absolute Gasteiger partial charge is 0.483 e. The van der Waals surface area contributed by atoms with E-state index in [0.717, 1.165) is 25.7 Å². The second-order valence-corrected chi connectivity index (χ2v) is 5.15. The minimum Gasteiger partial charge on any atom is -0.483 e. The van der Waals surface area contributed by atoms with E-state index in [4.69, 9.17) is 10.5 Å². The fourth-order valence-corrected chi connectivity index (χ4v) is 2.39. The van der Waals surface area contributed by atoms with Crippen LogP contribution in [-0.4, -0.2) is 30.5 Å². The van der Waals surface area contributed by atoms with Gasteiger partial charge in [0, 0.05) is 6.04 Å². The van der Waals surface area contributed by atoms with Crippen LogP contribution in [0.1, 0.15) is 36.0 Å². The lowest BCUT2D eigenvalue weighted by molar-refractivity contribution is -0.122. The van der Waals surface area contributed by atoms with Gasteiger partial charge in [-0.25, -0.2) is 4.79 Å². The van der Waals surface area contributed by atoms with Gasteiger partial charge in [0.2, 0.25) is 0 Å². The molecule has 0 heterocycles. The number of primary amides is 1. The first-order chi connectivity index (χ1) is 10.6. The molecule has 0 bridgehead atoms. The Morgan fingerprint density at radius 1 is 1.18 bits per heavy atom. The van der Waals surface area contributed by atoms with E-state index in [-0.39, 0.29) is 24.0 Å². The van der Waals surface area contributed by atoms with E-state index in [9.17, 15) is 14.4 Å². The lowest BCUT2D eigenvalue weighted by Crippen LogP contribution is -2.45. The summed E-state index contributed by atoms with van der Waals surface area (Å²) < 4.78 is 5.24. The predicted molar refractivity (Wildman–Crippen MR) is 79.4 cm³/mol. The van der Waals surface area contributed by atoms with Crippen LogP contribution < -0.4 is 21.1 Å². The Balaban J connectivity index is 1.80. The van der Waals surface area contributed by atoms with Crippen LogP contribution in [0, 0.1) is 0 Å². The third kappa shape index (κ3) is 4.47. The Kier molecular flexibility index (Phi) is 5.35. The molecule has 7 nitrogen and oxygen atoms in total. The van der Waals surface area contributed by atoms with Gasteiger partial charge >= 0.3 is 6.03 Å². The zero-order valence-corrected chi connectivity index (χ0v) is 12.1. The smallest absolute Gasteiger partial charge is 0.321 e. The van der Waals surface area contributed by atoms with Crippen molar-refractivity contribution in [3.8, 4) is 5.75 Å². The van der Waals surface area contributed by atoms with E-state index >= 15 is 0 Å². The van der Waals surface area contributed by atoms with Crippen LogP contribution in [0.15, 0.2) is 24.3 Å². The van der Waals surface area contributed by atoms with Crippen molar-refractivity contribution in [1.82, 2.24) is 10.6 Å². The molecule has 0 aliphatic heterocycles. The van der Waals surface area contributed by atoms with Crippen LogP contribution in [0.3, 0.4) is 0 Å². The Labute approximate surface area is 128 Å². The second-order valence-electron chi connectivity index (χ2n) is 5.15. The fraction of sp³-hybridized carbons (Fsp3) is 0.400. The Bertz CT molecular complexity index is 568. The summed E-state index contributed by atoms with van der Waals surface area (Å²) in [5.41, 5.74) is 5.40. The molecule has 0 unspecified atom stereocenters. The fourth-order valence-electron chi connectivity index (χ4n) is 2.39. The summed E-state index contributed by atoms with van der Waals surface area (Å²) >= 11 is 0. The van der Waals surface area contributed by atoms with E-state index in [1.165, 1.54) is 12.1 Å². The molecule has 7 heteroatoms. The van der Waals surface area contributed by atoms with Crippen LogP contribution in [0.5, 0.6) is 5.75 Å². The number of urea groups is 1. The van der Waals surface area contributed by atoms with Crippen LogP contribution >= 0.6 is 0 Å². The molecule has 2 rings (SSSR count). The summed E-state index contributed by atoms with van der Waals surface area (Å²) in [6.07, 6.45) is 4.05. The molecule has 1 saturated carbocycles. The average Bonchev–Trinajstić information content (AvgIpc) is 2.98. The molecule has 0 radical (unpaired) electrons. The zero-order valence-electron chi connectivity index (χ0n) is 12.1. The number of amides is 4. The van der Waals surface area contributed by atoms with Gasteiger partial charge in [-0.15, -0.1) is 0 Å². The maximum absolute atomic E-state index is 11.7. The van der Waals surface area contributed by atoms with Crippen molar-refractivity contribution >= 4 is 17.8 Å². The number of para-hydroxylation sites is 1. The topological polar surface area (TPSA) is 111 Å². The molecule has 118 valence electrons. The van der Waals surface area contributed by atoms with E-state index in [1.54, 1.807) is 12.1 Å². The van der Waals surface area contributed by atoms with Gasteiger partial charge in [0.1, 0.15) is 5.75 Å². The molecule has 0 spiro atoms. The van der Waals surface area contributed by atoms with Crippen LogP contribution in [0.4, 0.5) is 4.79 Å². The van der Waals surface area contributed by atoms with Crippen molar-refractivity contribution in [2.75, 3.05) is 6.61 Å². The van der Waals surface area contributed by atoms with Crippen molar-refractivity contribution in [3.63, 3.8) is 0 Å². The Hall–Kier alpha value is -2.57. The maximum Gasteiger partial charge on any atom is 0.321 e. The lowest BCUT2D eigenvalue weighted by atomic mass is 10.2. The molecule has 4 amide bonds. The van der Waals surface area contributed by atoms with Gasteiger partial charge in [-0.2, -0.15) is 0 Å². The molecule has 1 aromatic carbocycles. The first-order valence-corrected chi connectivity index (χ1v) is 7.18. The summed E-state index contributed by atoms with van der Waals surface area (Å²) in [6, 6.07) is 5.94. The Morgan fingerprint density at radius 3 is 2.55 bits per heavy atom. The molecular formula is C15H19N3O4. The molecular weight excluding hydrogens is 286 g/mol. The summed E-state index contributed by atoms with van der Waals surface area (Å²) in [7, 11) is 0. The van der Waals surface area contributed by atoms with Gasteiger partial charge in [0.05, 0.1) is 5.56 Å². The van der Waals surface area contributed by atoms with E-state index in [2.05, 4.69) is 10.6 Å². The SMILES string of the molecule is NC(=O)c1ccccc1OCC(=O)NC(=O)NC1CCCC1. The maximum atomic E-state index is 11.7. The van der Waals surface area contributed by atoms with E-state index in [0.29, 0.717) is 0 Å². The quantitative estimate of drug-likeness (QED) is 0.751. The highest BCUT2D eigenvalue weighted by Crippen LogP contribution is 2.18. The number of carbonyl (C=O) groups is 3. The van der Waals surface area contributed by atoms with Gasteiger partial charge in [-0.05, 0) is 25.0 Å². The normalized spacial score (nSPS) is 14.4. The van der Waals surface area contributed by atoms with Crippen molar-refractivity contribution < 1.29 is 19.1 Å². The third-order valence-corrected chi connectivity index (χ3v) is 3.45. The van der Waals surface area contributed by atoms with Crippen molar-refractivity contribution in [1.29, 1.82) is 0 Å². The van der Waals surface area contributed by atoms with Crippen molar-refractivity contribution in [2.45, 2.75) is 31.7 Å². The number of hydrogen-bond donors (Lipinski definition) is 3. The molecule has 1 aliphatic rings. The van der Waals surface area contributed by atoms with Crippen molar-refractivity contribution in [2.24, 2.45) is 5.73 Å². The zero-order chi connectivity index (χ0) is 15.9. The third-order valence-electron chi connectivity index (χ3n) is 3.45. The van der Waals surface area contributed by atoms with Crippen LogP contribution in [0.25, 0.3) is 0 Å². The number of hydrogen-bond acceptors (Lipinski definition) is 4. The predicted octanol–water partition coefficient (Wildman–Crippen LogP) is 0.933. The number of nitrogens with one attached hydrogen (secondary N) is 2.